The van der Waals surface area contributed by atoms with Crippen molar-refractivity contribution in [1.82, 2.24) is 14.9 Å². The number of carbonyl (C=O) groups is 1. The predicted octanol–water partition coefficient (Wildman–Crippen LogP) is 1.05. The zero-order chi connectivity index (χ0) is 16.8. The number of sulfonamides is 1. The summed E-state index contributed by atoms with van der Waals surface area (Å²) in [5.41, 5.74) is 0.454. The Kier molecular flexibility index (Phi) is 6.99. The van der Waals surface area contributed by atoms with Crippen molar-refractivity contribution in [3.05, 3.63) is 29.8 Å². The molecule has 0 aromatic heterocycles. The largest absolute Gasteiger partial charge is 0.352 e. The molecule has 7 heteroatoms. The highest BCUT2D eigenvalue weighted by Crippen LogP contribution is 2.17. The third-order valence-electron chi connectivity index (χ3n) is 3.41. The van der Waals surface area contributed by atoms with Crippen molar-refractivity contribution in [3.63, 3.8) is 0 Å². The molecule has 2 N–H and O–H groups in total. The first-order chi connectivity index (χ1) is 10.3. The number of benzene rings is 1. The van der Waals surface area contributed by atoms with Crippen LogP contribution in [-0.2, 0) is 10.0 Å². The van der Waals surface area contributed by atoms with Gasteiger partial charge in [0.2, 0.25) is 10.0 Å². The molecule has 0 heterocycles. The Bertz CT molecular complexity index is 583. The van der Waals surface area contributed by atoms with Crippen molar-refractivity contribution >= 4 is 15.9 Å². The summed E-state index contributed by atoms with van der Waals surface area (Å²) in [5.74, 6) is -0.197. The molecule has 22 heavy (non-hydrogen) atoms. The molecule has 1 aromatic carbocycles. The van der Waals surface area contributed by atoms with E-state index in [1.807, 2.05) is 20.9 Å². The molecule has 1 rings (SSSR count). The second-order valence-corrected chi connectivity index (χ2v) is 7.35. The van der Waals surface area contributed by atoms with Crippen LogP contribution >= 0.6 is 0 Å². The van der Waals surface area contributed by atoms with E-state index in [0.717, 1.165) is 13.0 Å². The van der Waals surface area contributed by atoms with Gasteiger partial charge in [0.05, 0.1) is 4.90 Å². The molecular formula is C15H25N3O3S. The molecule has 0 aliphatic rings. The van der Waals surface area contributed by atoms with E-state index < -0.39 is 10.0 Å². The zero-order valence-corrected chi connectivity index (χ0v) is 14.4. The van der Waals surface area contributed by atoms with Crippen molar-refractivity contribution in [1.29, 1.82) is 0 Å². The lowest BCUT2D eigenvalue weighted by Gasteiger charge is -2.21. The lowest BCUT2D eigenvalue weighted by atomic mass is 10.2. The van der Waals surface area contributed by atoms with E-state index in [-0.39, 0.29) is 16.8 Å². The zero-order valence-electron chi connectivity index (χ0n) is 13.6. The van der Waals surface area contributed by atoms with Crippen molar-refractivity contribution in [2.75, 3.05) is 27.2 Å². The van der Waals surface area contributed by atoms with Crippen LogP contribution in [0.2, 0.25) is 0 Å². The van der Waals surface area contributed by atoms with Gasteiger partial charge in [-0.15, -0.1) is 0 Å². The first-order valence-corrected chi connectivity index (χ1v) is 8.75. The molecular weight excluding hydrogens is 302 g/mol. The molecule has 124 valence electrons. The van der Waals surface area contributed by atoms with Crippen LogP contribution in [0.5, 0.6) is 0 Å². The molecule has 0 spiro atoms. The van der Waals surface area contributed by atoms with Crippen LogP contribution in [-0.4, -0.2) is 51.9 Å². The van der Waals surface area contributed by atoms with E-state index in [1.165, 1.54) is 28.6 Å². The molecule has 0 aliphatic carbocycles. The summed E-state index contributed by atoms with van der Waals surface area (Å²) in [5, 5.41) is 5.80. The quantitative estimate of drug-likeness (QED) is 0.700. The van der Waals surface area contributed by atoms with E-state index in [4.69, 9.17) is 0 Å². The highest BCUT2D eigenvalue weighted by molar-refractivity contribution is 7.89. The summed E-state index contributed by atoms with van der Waals surface area (Å²) in [4.78, 5) is 12.1. The number of nitrogens with one attached hydrogen (secondary N) is 2. The molecule has 6 nitrogen and oxygen atoms in total. The van der Waals surface area contributed by atoms with Gasteiger partial charge >= 0.3 is 0 Å². The van der Waals surface area contributed by atoms with Gasteiger partial charge in [0.25, 0.3) is 5.91 Å². The van der Waals surface area contributed by atoms with Gasteiger partial charge in [-0.3, -0.25) is 4.79 Å². The minimum atomic E-state index is -3.51. The van der Waals surface area contributed by atoms with E-state index >= 15 is 0 Å². The standard InChI is InChI=1S/C15H25N3O3S/c1-12(2)18(4)22(20,21)14-8-6-13(7-9-14)15(19)17-11-5-10-16-3/h6-9,12,16H,5,10-11H2,1-4H3,(H,17,19). The summed E-state index contributed by atoms with van der Waals surface area (Å²) < 4.78 is 25.9. The number of hydrogen-bond donors (Lipinski definition) is 2. The molecule has 1 aromatic rings. The molecule has 0 radical (unpaired) electrons. The van der Waals surface area contributed by atoms with Gasteiger partial charge in [0.1, 0.15) is 0 Å². The maximum Gasteiger partial charge on any atom is 0.251 e. The molecule has 0 fully saturated rings. The number of carbonyl (C=O) groups excluding carboxylic acids is 1. The maximum absolute atomic E-state index is 12.3. The summed E-state index contributed by atoms with van der Waals surface area (Å²) >= 11 is 0. The van der Waals surface area contributed by atoms with Gasteiger partial charge in [-0.1, -0.05) is 0 Å². The highest BCUT2D eigenvalue weighted by Gasteiger charge is 2.23. The average molecular weight is 327 g/mol. The monoisotopic (exact) mass is 327 g/mol. The fraction of sp³-hybridized carbons (Fsp3) is 0.533. The van der Waals surface area contributed by atoms with Crippen LogP contribution in [0.4, 0.5) is 0 Å². The minimum Gasteiger partial charge on any atom is -0.352 e. The average Bonchev–Trinajstić information content (AvgIpc) is 2.50. The van der Waals surface area contributed by atoms with Crippen molar-refractivity contribution in [2.45, 2.75) is 31.2 Å². The molecule has 0 bridgehead atoms. The Morgan fingerprint density at radius 1 is 1.18 bits per heavy atom. The number of rotatable bonds is 8. The Hall–Kier alpha value is -1.44. The summed E-state index contributed by atoms with van der Waals surface area (Å²) in [6.45, 7) is 5.03. The molecule has 0 unspecified atom stereocenters. The Labute approximate surface area is 132 Å². The van der Waals surface area contributed by atoms with Crippen LogP contribution in [0.15, 0.2) is 29.2 Å². The van der Waals surface area contributed by atoms with Gasteiger partial charge in [-0.2, -0.15) is 4.31 Å². The second-order valence-electron chi connectivity index (χ2n) is 5.35. The number of nitrogens with zero attached hydrogens (tertiary/aromatic N) is 1. The van der Waals surface area contributed by atoms with Crippen LogP contribution < -0.4 is 10.6 Å². The first kappa shape index (κ1) is 18.6. The van der Waals surface area contributed by atoms with Gasteiger partial charge in [-0.25, -0.2) is 8.42 Å². The summed E-state index contributed by atoms with van der Waals surface area (Å²) in [6.07, 6.45) is 0.841. The molecule has 0 saturated heterocycles. The van der Waals surface area contributed by atoms with Crippen LogP contribution in [0.3, 0.4) is 0 Å². The van der Waals surface area contributed by atoms with E-state index in [0.29, 0.717) is 12.1 Å². The van der Waals surface area contributed by atoms with E-state index in [2.05, 4.69) is 10.6 Å². The molecule has 1 amide bonds. The Balaban J connectivity index is 2.76. The smallest absolute Gasteiger partial charge is 0.251 e. The maximum atomic E-state index is 12.3. The third-order valence-corrected chi connectivity index (χ3v) is 5.46. The van der Waals surface area contributed by atoms with Crippen molar-refractivity contribution < 1.29 is 13.2 Å². The van der Waals surface area contributed by atoms with Gasteiger partial charge < -0.3 is 10.6 Å². The lowest BCUT2D eigenvalue weighted by molar-refractivity contribution is 0.0953. The predicted molar refractivity (Wildman–Crippen MR) is 87.4 cm³/mol. The number of amides is 1. The fourth-order valence-corrected chi connectivity index (χ4v) is 3.16. The van der Waals surface area contributed by atoms with Crippen LogP contribution in [0.1, 0.15) is 30.6 Å². The highest BCUT2D eigenvalue weighted by atomic mass is 32.2. The Morgan fingerprint density at radius 3 is 2.27 bits per heavy atom. The van der Waals surface area contributed by atoms with Crippen molar-refractivity contribution in [2.24, 2.45) is 0 Å². The summed E-state index contributed by atoms with van der Waals surface area (Å²) in [6, 6.07) is 5.89. The topological polar surface area (TPSA) is 78.5 Å². The van der Waals surface area contributed by atoms with Crippen molar-refractivity contribution in [3.8, 4) is 0 Å². The first-order valence-electron chi connectivity index (χ1n) is 7.31. The molecule has 0 aliphatic heterocycles. The van der Waals surface area contributed by atoms with E-state index in [9.17, 15) is 13.2 Å². The molecule has 0 atom stereocenters. The SMILES string of the molecule is CNCCCNC(=O)c1ccc(S(=O)(=O)N(C)C(C)C)cc1. The Morgan fingerprint density at radius 2 is 1.77 bits per heavy atom. The third kappa shape index (κ3) is 4.79. The van der Waals surface area contributed by atoms with Crippen LogP contribution in [0.25, 0.3) is 0 Å². The van der Waals surface area contributed by atoms with Crippen LogP contribution in [0, 0.1) is 0 Å². The van der Waals surface area contributed by atoms with Gasteiger partial charge in [-0.05, 0) is 58.1 Å². The molecule has 0 saturated carbocycles. The fourth-order valence-electron chi connectivity index (χ4n) is 1.79. The van der Waals surface area contributed by atoms with E-state index in [1.54, 1.807) is 7.05 Å². The lowest BCUT2D eigenvalue weighted by Crippen LogP contribution is -2.33. The number of hydrogen-bond acceptors (Lipinski definition) is 4. The normalized spacial score (nSPS) is 11.9. The minimum absolute atomic E-state index is 0.125. The van der Waals surface area contributed by atoms with Gasteiger partial charge in [0, 0.05) is 25.2 Å². The summed E-state index contributed by atoms with van der Waals surface area (Å²) in [7, 11) is -0.111. The second kappa shape index (κ2) is 8.26. The van der Waals surface area contributed by atoms with Gasteiger partial charge in [0.15, 0.2) is 0 Å².